The van der Waals surface area contributed by atoms with E-state index >= 15 is 0 Å². The lowest BCUT2D eigenvalue weighted by Gasteiger charge is -2.12. The van der Waals surface area contributed by atoms with E-state index in [0.717, 1.165) is 0 Å². The molecule has 0 radical (unpaired) electrons. The molecule has 0 aliphatic heterocycles. The van der Waals surface area contributed by atoms with Gasteiger partial charge >= 0.3 is 0 Å². The average Bonchev–Trinajstić information content (AvgIpc) is 2.46. The van der Waals surface area contributed by atoms with Crippen LogP contribution in [0.25, 0.3) is 0 Å². The third-order valence-corrected chi connectivity index (χ3v) is 4.50. The minimum Gasteiger partial charge on any atom is -0.399 e. The zero-order chi connectivity index (χ0) is 15.5. The molecule has 0 saturated carbocycles. The van der Waals surface area contributed by atoms with E-state index in [9.17, 15) is 13.5 Å². The molecule has 0 aliphatic carbocycles. The summed E-state index contributed by atoms with van der Waals surface area (Å²) in [6.45, 7) is 1.86. The molecule has 5 nitrogen and oxygen atoms in total. The fourth-order valence-electron chi connectivity index (χ4n) is 1.91. The second-order valence-electron chi connectivity index (χ2n) is 4.72. The molecule has 0 amide bonds. The van der Waals surface area contributed by atoms with Crippen LogP contribution in [0.3, 0.4) is 0 Å². The molecule has 0 heterocycles. The fourth-order valence-corrected chi connectivity index (χ4v) is 2.96. The number of sulfonamides is 1. The Morgan fingerprint density at radius 3 is 2.48 bits per heavy atom. The van der Waals surface area contributed by atoms with Gasteiger partial charge in [-0.2, -0.15) is 0 Å². The van der Waals surface area contributed by atoms with E-state index in [0.29, 0.717) is 23.4 Å². The van der Waals surface area contributed by atoms with Gasteiger partial charge in [-0.15, -0.1) is 0 Å². The number of nitrogens with one attached hydrogen (secondary N) is 1. The topological polar surface area (TPSA) is 92.4 Å². The number of hydrogen-bond acceptors (Lipinski definition) is 4. The maximum atomic E-state index is 12.2. The summed E-state index contributed by atoms with van der Waals surface area (Å²) in [4.78, 5) is 0.137. The van der Waals surface area contributed by atoms with E-state index in [2.05, 4.69) is 4.72 Å². The van der Waals surface area contributed by atoms with Crippen LogP contribution in [-0.4, -0.2) is 13.5 Å². The number of rotatable bonds is 5. The van der Waals surface area contributed by atoms with Crippen molar-refractivity contribution in [3.63, 3.8) is 0 Å². The quantitative estimate of drug-likeness (QED) is 0.740. The Balaban J connectivity index is 2.26. The summed E-state index contributed by atoms with van der Waals surface area (Å²) in [7, 11) is -3.67. The van der Waals surface area contributed by atoms with Gasteiger partial charge < -0.3 is 10.8 Å². The van der Waals surface area contributed by atoms with Gasteiger partial charge in [-0.3, -0.25) is 4.72 Å². The highest BCUT2D eigenvalue weighted by Gasteiger charge is 2.14. The second kappa shape index (κ2) is 6.15. The van der Waals surface area contributed by atoms with Gasteiger partial charge in [-0.05, 0) is 48.4 Å². The first-order valence-corrected chi connectivity index (χ1v) is 8.07. The monoisotopic (exact) mass is 306 g/mol. The van der Waals surface area contributed by atoms with Gasteiger partial charge in [-0.25, -0.2) is 8.42 Å². The van der Waals surface area contributed by atoms with Crippen molar-refractivity contribution in [3.05, 3.63) is 54.1 Å². The van der Waals surface area contributed by atoms with Crippen LogP contribution >= 0.6 is 0 Å². The van der Waals surface area contributed by atoms with E-state index in [1.165, 1.54) is 24.3 Å². The van der Waals surface area contributed by atoms with Crippen LogP contribution in [0.5, 0.6) is 0 Å². The summed E-state index contributed by atoms with van der Waals surface area (Å²) >= 11 is 0. The Kier molecular flexibility index (Phi) is 4.50. The summed E-state index contributed by atoms with van der Waals surface area (Å²) in [5.74, 6) is 0. The summed E-state index contributed by atoms with van der Waals surface area (Å²) in [6.07, 6.45) is -0.0419. The lowest BCUT2D eigenvalue weighted by atomic mass is 10.1. The Bertz CT molecular complexity index is 712. The lowest BCUT2D eigenvalue weighted by molar-refractivity contribution is 0.174. The van der Waals surface area contributed by atoms with Crippen molar-refractivity contribution < 1.29 is 13.5 Å². The largest absolute Gasteiger partial charge is 0.399 e. The molecule has 0 saturated heterocycles. The van der Waals surface area contributed by atoms with Crippen LogP contribution in [0.4, 0.5) is 11.4 Å². The third-order valence-electron chi connectivity index (χ3n) is 3.10. The Labute approximate surface area is 124 Å². The van der Waals surface area contributed by atoms with Crippen molar-refractivity contribution in [1.82, 2.24) is 0 Å². The molecule has 2 rings (SSSR count). The smallest absolute Gasteiger partial charge is 0.261 e. The van der Waals surface area contributed by atoms with Crippen molar-refractivity contribution in [2.45, 2.75) is 24.3 Å². The molecule has 112 valence electrons. The summed E-state index contributed by atoms with van der Waals surface area (Å²) < 4.78 is 27.0. The molecular weight excluding hydrogens is 288 g/mol. The molecule has 21 heavy (non-hydrogen) atoms. The number of benzene rings is 2. The number of hydrogen-bond donors (Lipinski definition) is 3. The minimum atomic E-state index is -3.67. The zero-order valence-electron chi connectivity index (χ0n) is 11.7. The highest BCUT2D eigenvalue weighted by Crippen LogP contribution is 2.22. The Hall–Kier alpha value is -2.05. The molecule has 4 N–H and O–H groups in total. The molecular formula is C15H18N2O3S. The molecule has 0 spiro atoms. The number of nitrogens with two attached hydrogens (primary N) is 1. The van der Waals surface area contributed by atoms with Gasteiger partial charge in [-0.1, -0.05) is 19.1 Å². The summed E-state index contributed by atoms with van der Waals surface area (Å²) in [6, 6.07) is 12.7. The lowest BCUT2D eigenvalue weighted by Crippen LogP contribution is -2.13. The average molecular weight is 306 g/mol. The Morgan fingerprint density at radius 1 is 1.19 bits per heavy atom. The van der Waals surface area contributed by atoms with E-state index in [-0.39, 0.29) is 4.90 Å². The number of aliphatic hydroxyl groups excluding tert-OH is 1. The molecule has 0 fully saturated rings. The second-order valence-corrected chi connectivity index (χ2v) is 6.41. The molecule has 0 bridgehead atoms. The van der Waals surface area contributed by atoms with E-state index in [1.54, 1.807) is 24.3 Å². The van der Waals surface area contributed by atoms with Crippen LogP contribution in [0.15, 0.2) is 53.4 Å². The highest BCUT2D eigenvalue weighted by molar-refractivity contribution is 7.92. The zero-order valence-corrected chi connectivity index (χ0v) is 12.5. The summed E-state index contributed by atoms with van der Waals surface area (Å²) in [5.41, 5.74) is 7.14. The van der Waals surface area contributed by atoms with Crippen LogP contribution in [-0.2, 0) is 10.0 Å². The standard InChI is InChI=1S/C15H18N2O3S/c1-2-15(18)11-4-3-5-13(10-11)17-21(19,20)14-8-6-12(16)7-9-14/h3-10,15,17-18H,2,16H2,1H3. The van der Waals surface area contributed by atoms with Crippen LogP contribution < -0.4 is 10.5 Å². The van der Waals surface area contributed by atoms with E-state index < -0.39 is 16.1 Å². The molecule has 1 atom stereocenters. The number of nitrogen functional groups attached to an aromatic ring is 1. The normalized spacial score (nSPS) is 12.9. The Morgan fingerprint density at radius 2 is 1.86 bits per heavy atom. The van der Waals surface area contributed by atoms with E-state index in [1.807, 2.05) is 6.92 Å². The van der Waals surface area contributed by atoms with Gasteiger partial charge in [0, 0.05) is 11.4 Å². The van der Waals surface area contributed by atoms with Gasteiger partial charge in [0.05, 0.1) is 11.0 Å². The first-order chi connectivity index (χ1) is 9.92. The van der Waals surface area contributed by atoms with Crippen molar-refractivity contribution in [1.29, 1.82) is 0 Å². The van der Waals surface area contributed by atoms with Crippen LogP contribution in [0.2, 0.25) is 0 Å². The predicted octanol–water partition coefficient (Wildman–Crippen LogP) is 2.51. The van der Waals surface area contributed by atoms with Gasteiger partial charge in [0.1, 0.15) is 0 Å². The number of aliphatic hydroxyl groups is 1. The molecule has 2 aromatic carbocycles. The van der Waals surface area contributed by atoms with Crippen molar-refractivity contribution in [2.75, 3.05) is 10.5 Å². The molecule has 2 aromatic rings. The van der Waals surface area contributed by atoms with Gasteiger partial charge in [0.25, 0.3) is 10.0 Å². The fraction of sp³-hybridized carbons (Fsp3) is 0.200. The molecule has 0 aromatic heterocycles. The van der Waals surface area contributed by atoms with Crippen molar-refractivity contribution >= 4 is 21.4 Å². The summed E-state index contributed by atoms with van der Waals surface area (Å²) in [5, 5.41) is 9.81. The first-order valence-electron chi connectivity index (χ1n) is 6.59. The van der Waals surface area contributed by atoms with Crippen molar-refractivity contribution in [2.24, 2.45) is 0 Å². The first kappa shape index (κ1) is 15.3. The molecule has 1 unspecified atom stereocenters. The van der Waals surface area contributed by atoms with Crippen molar-refractivity contribution in [3.8, 4) is 0 Å². The van der Waals surface area contributed by atoms with Crippen LogP contribution in [0, 0.1) is 0 Å². The predicted molar refractivity (Wildman–Crippen MR) is 83.4 cm³/mol. The third kappa shape index (κ3) is 3.74. The van der Waals surface area contributed by atoms with Gasteiger partial charge in [0.15, 0.2) is 0 Å². The maximum Gasteiger partial charge on any atom is 0.261 e. The highest BCUT2D eigenvalue weighted by atomic mass is 32.2. The van der Waals surface area contributed by atoms with Gasteiger partial charge in [0.2, 0.25) is 0 Å². The minimum absolute atomic E-state index is 0.137. The maximum absolute atomic E-state index is 12.2. The molecule has 0 aliphatic rings. The molecule has 6 heteroatoms. The SMILES string of the molecule is CCC(O)c1cccc(NS(=O)(=O)c2ccc(N)cc2)c1. The van der Waals surface area contributed by atoms with E-state index in [4.69, 9.17) is 5.73 Å². The number of anilines is 2. The van der Waals surface area contributed by atoms with Crippen LogP contribution in [0.1, 0.15) is 25.0 Å².